The second kappa shape index (κ2) is 5.56. The van der Waals surface area contributed by atoms with Crippen molar-refractivity contribution in [3.05, 3.63) is 23.8 Å². The summed E-state index contributed by atoms with van der Waals surface area (Å²) >= 11 is 0. The molecule has 1 aliphatic heterocycles. The zero-order chi connectivity index (χ0) is 15.7. The number of carbonyl (C=O) groups is 1. The Hall–Kier alpha value is -1.75. The molecular formula is C16H24N2O3. The SMILES string of the molecule is CC1(C)Cc2cccc(OCCCC(C)(N)C(N)=O)c2O1. The van der Waals surface area contributed by atoms with Crippen molar-refractivity contribution in [2.75, 3.05) is 6.61 Å². The molecule has 1 aromatic carbocycles. The van der Waals surface area contributed by atoms with Gasteiger partial charge in [-0.2, -0.15) is 0 Å². The smallest absolute Gasteiger partial charge is 0.237 e. The first kappa shape index (κ1) is 15.6. The van der Waals surface area contributed by atoms with E-state index in [1.807, 2.05) is 12.1 Å². The maximum absolute atomic E-state index is 11.1. The molecule has 0 spiro atoms. The summed E-state index contributed by atoms with van der Waals surface area (Å²) in [5, 5.41) is 0. The topological polar surface area (TPSA) is 87.6 Å². The third-order valence-corrected chi connectivity index (χ3v) is 3.72. The fraction of sp³-hybridized carbons (Fsp3) is 0.562. The Balaban J connectivity index is 1.92. The standard InChI is InChI=1S/C16H24N2O3/c1-15(2)10-11-6-4-7-12(13(11)21-15)20-9-5-8-16(3,18)14(17)19/h4,6-7H,5,8-10,18H2,1-3H3,(H2,17,19). The second-order valence-corrected chi connectivity index (χ2v) is 6.52. The average molecular weight is 292 g/mol. The van der Waals surface area contributed by atoms with Gasteiger partial charge in [-0.25, -0.2) is 0 Å². The van der Waals surface area contributed by atoms with E-state index in [-0.39, 0.29) is 5.60 Å². The van der Waals surface area contributed by atoms with Crippen LogP contribution in [0.4, 0.5) is 0 Å². The maximum atomic E-state index is 11.1. The van der Waals surface area contributed by atoms with Crippen LogP contribution in [-0.2, 0) is 11.2 Å². The molecule has 0 saturated carbocycles. The lowest BCUT2D eigenvalue weighted by atomic mass is 9.97. The molecule has 116 valence electrons. The average Bonchev–Trinajstić information content (AvgIpc) is 2.69. The predicted octanol–water partition coefficient (Wildman–Crippen LogP) is 1.76. The molecule has 0 bridgehead atoms. The fourth-order valence-electron chi connectivity index (χ4n) is 2.45. The molecule has 1 unspecified atom stereocenters. The second-order valence-electron chi connectivity index (χ2n) is 6.52. The molecule has 0 fully saturated rings. The molecule has 5 nitrogen and oxygen atoms in total. The van der Waals surface area contributed by atoms with Crippen LogP contribution in [0, 0.1) is 0 Å². The molecule has 0 aromatic heterocycles. The zero-order valence-corrected chi connectivity index (χ0v) is 12.9. The number of hydrogen-bond donors (Lipinski definition) is 2. The van der Waals surface area contributed by atoms with E-state index < -0.39 is 11.4 Å². The number of primary amides is 1. The van der Waals surface area contributed by atoms with Crippen molar-refractivity contribution in [1.82, 2.24) is 0 Å². The van der Waals surface area contributed by atoms with Crippen molar-refractivity contribution < 1.29 is 14.3 Å². The summed E-state index contributed by atoms with van der Waals surface area (Å²) in [4.78, 5) is 11.1. The van der Waals surface area contributed by atoms with Crippen molar-refractivity contribution in [2.24, 2.45) is 11.5 Å². The highest BCUT2D eigenvalue weighted by atomic mass is 16.5. The number of benzene rings is 1. The molecule has 4 N–H and O–H groups in total. The van der Waals surface area contributed by atoms with Crippen LogP contribution in [0.25, 0.3) is 0 Å². The molecule has 21 heavy (non-hydrogen) atoms. The van der Waals surface area contributed by atoms with Gasteiger partial charge in [-0.05, 0) is 39.7 Å². The van der Waals surface area contributed by atoms with E-state index in [1.54, 1.807) is 6.92 Å². The van der Waals surface area contributed by atoms with Crippen LogP contribution < -0.4 is 20.9 Å². The van der Waals surface area contributed by atoms with E-state index in [1.165, 1.54) is 5.56 Å². The van der Waals surface area contributed by atoms with E-state index in [0.29, 0.717) is 19.4 Å². The number of para-hydroxylation sites is 1. The third-order valence-electron chi connectivity index (χ3n) is 3.72. The number of carbonyl (C=O) groups excluding carboxylic acids is 1. The fourth-order valence-corrected chi connectivity index (χ4v) is 2.45. The molecule has 5 heteroatoms. The highest BCUT2D eigenvalue weighted by molar-refractivity contribution is 5.83. The molecule has 1 aromatic rings. The van der Waals surface area contributed by atoms with Crippen LogP contribution in [0.5, 0.6) is 11.5 Å². The number of nitrogens with two attached hydrogens (primary N) is 2. The minimum Gasteiger partial charge on any atom is -0.490 e. The van der Waals surface area contributed by atoms with E-state index >= 15 is 0 Å². The Labute approximate surface area is 125 Å². The zero-order valence-electron chi connectivity index (χ0n) is 12.9. The van der Waals surface area contributed by atoms with Gasteiger partial charge in [-0.1, -0.05) is 12.1 Å². The lowest BCUT2D eigenvalue weighted by Gasteiger charge is -2.20. The van der Waals surface area contributed by atoms with Crippen LogP contribution in [-0.4, -0.2) is 23.7 Å². The van der Waals surface area contributed by atoms with Gasteiger partial charge in [0.05, 0.1) is 12.1 Å². The number of ether oxygens (including phenoxy) is 2. The predicted molar refractivity (Wildman–Crippen MR) is 81.4 cm³/mol. The molecule has 1 amide bonds. The van der Waals surface area contributed by atoms with Gasteiger partial charge < -0.3 is 20.9 Å². The van der Waals surface area contributed by atoms with Crippen molar-refractivity contribution in [2.45, 2.75) is 51.2 Å². The Kier molecular flexibility index (Phi) is 4.14. The molecule has 1 aliphatic rings. The van der Waals surface area contributed by atoms with E-state index in [9.17, 15) is 4.79 Å². The van der Waals surface area contributed by atoms with E-state index in [2.05, 4.69) is 19.9 Å². The first-order chi connectivity index (χ1) is 9.71. The van der Waals surface area contributed by atoms with Crippen LogP contribution in [0.1, 0.15) is 39.2 Å². The Morgan fingerprint density at radius 2 is 2.19 bits per heavy atom. The van der Waals surface area contributed by atoms with Gasteiger partial charge in [0.15, 0.2) is 11.5 Å². The summed E-state index contributed by atoms with van der Waals surface area (Å²) in [6.07, 6.45) is 2.02. The molecular weight excluding hydrogens is 268 g/mol. The van der Waals surface area contributed by atoms with Gasteiger partial charge in [0, 0.05) is 12.0 Å². The van der Waals surface area contributed by atoms with Crippen molar-refractivity contribution in [3.63, 3.8) is 0 Å². The van der Waals surface area contributed by atoms with Crippen molar-refractivity contribution >= 4 is 5.91 Å². The summed E-state index contributed by atoms with van der Waals surface area (Å²) in [6, 6.07) is 5.92. The Morgan fingerprint density at radius 3 is 2.86 bits per heavy atom. The highest BCUT2D eigenvalue weighted by Crippen LogP contribution is 2.41. The normalized spacial score (nSPS) is 18.5. The van der Waals surface area contributed by atoms with Gasteiger partial charge >= 0.3 is 0 Å². The van der Waals surface area contributed by atoms with Gasteiger partial charge in [-0.3, -0.25) is 4.79 Å². The number of rotatable bonds is 6. The summed E-state index contributed by atoms with van der Waals surface area (Å²) in [5.41, 5.74) is 11.0. The highest BCUT2D eigenvalue weighted by Gasteiger charge is 2.32. The molecule has 0 saturated heterocycles. The molecule has 0 radical (unpaired) electrons. The minimum absolute atomic E-state index is 0.191. The van der Waals surface area contributed by atoms with Gasteiger partial charge in [0.1, 0.15) is 5.60 Å². The van der Waals surface area contributed by atoms with Crippen molar-refractivity contribution in [3.8, 4) is 11.5 Å². The van der Waals surface area contributed by atoms with Gasteiger partial charge in [0.25, 0.3) is 0 Å². The molecule has 1 atom stereocenters. The first-order valence-corrected chi connectivity index (χ1v) is 7.24. The van der Waals surface area contributed by atoms with E-state index in [4.69, 9.17) is 20.9 Å². The molecule has 2 rings (SSSR count). The lowest BCUT2D eigenvalue weighted by Crippen LogP contribution is -2.49. The Bertz CT molecular complexity index is 538. The monoisotopic (exact) mass is 292 g/mol. The quantitative estimate of drug-likeness (QED) is 0.782. The van der Waals surface area contributed by atoms with Crippen molar-refractivity contribution in [1.29, 1.82) is 0 Å². The summed E-state index contributed by atoms with van der Waals surface area (Å²) in [5.74, 6) is 1.08. The first-order valence-electron chi connectivity index (χ1n) is 7.24. The van der Waals surface area contributed by atoms with Crippen LogP contribution >= 0.6 is 0 Å². The number of fused-ring (bicyclic) bond motifs is 1. The third kappa shape index (κ3) is 3.67. The lowest BCUT2D eigenvalue weighted by molar-refractivity contribution is -0.122. The van der Waals surface area contributed by atoms with Crippen LogP contribution in [0.2, 0.25) is 0 Å². The van der Waals surface area contributed by atoms with Crippen LogP contribution in [0.3, 0.4) is 0 Å². The maximum Gasteiger partial charge on any atom is 0.237 e. The van der Waals surface area contributed by atoms with E-state index in [0.717, 1.165) is 17.9 Å². The summed E-state index contributed by atoms with van der Waals surface area (Å²) < 4.78 is 11.7. The Morgan fingerprint density at radius 1 is 1.48 bits per heavy atom. The largest absolute Gasteiger partial charge is 0.490 e. The van der Waals surface area contributed by atoms with Crippen LogP contribution in [0.15, 0.2) is 18.2 Å². The summed E-state index contributed by atoms with van der Waals surface area (Å²) in [6.45, 7) is 6.23. The molecule has 1 heterocycles. The van der Waals surface area contributed by atoms with Gasteiger partial charge in [0.2, 0.25) is 5.91 Å². The number of amides is 1. The van der Waals surface area contributed by atoms with Gasteiger partial charge in [-0.15, -0.1) is 0 Å². The minimum atomic E-state index is -0.986. The molecule has 0 aliphatic carbocycles. The summed E-state index contributed by atoms with van der Waals surface area (Å²) in [7, 11) is 0. The number of hydrogen-bond acceptors (Lipinski definition) is 4.